The van der Waals surface area contributed by atoms with Gasteiger partial charge in [0.2, 0.25) is 5.91 Å². The lowest BCUT2D eigenvalue weighted by atomic mass is 10.2. The number of carbonyl (C=O) groups excluding carboxylic acids is 2. The van der Waals surface area contributed by atoms with Gasteiger partial charge in [-0.05, 0) is 20.8 Å². The molecule has 0 aromatic rings. The average Bonchev–Trinajstić information content (AvgIpc) is 2.46. The van der Waals surface area contributed by atoms with Crippen LogP contribution in [0.4, 0.5) is 4.79 Å². The lowest BCUT2D eigenvalue weighted by molar-refractivity contribution is -0.121. The number of aliphatic imine (C=N–C) groups is 1. The van der Waals surface area contributed by atoms with Gasteiger partial charge in [-0.2, -0.15) is 0 Å². The van der Waals surface area contributed by atoms with Gasteiger partial charge in [0.25, 0.3) is 0 Å². The van der Waals surface area contributed by atoms with E-state index < -0.39 is 5.60 Å². The van der Waals surface area contributed by atoms with Crippen LogP contribution in [0.25, 0.3) is 0 Å². The Labute approximate surface area is 137 Å². The highest BCUT2D eigenvalue weighted by Crippen LogP contribution is 2.10. The molecule has 0 aromatic carbocycles. The first-order chi connectivity index (χ1) is 10.8. The minimum atomic E-state index is -0.514. The fraction of sp³-hybridized carbons (Fsp3) is 0.800. The molecule has 1 aliphatic heterocycles. The van der Waals surface area contributed by atoms with Gasteiger partial charge in [0, 0.05) is 33.2 Å². The molecule has 0 atom stereocenters. The van der Waals surface area contributed by atoms with Crippen molar-refractivity contribution in [3.05, 3.63) is 0 Å². The molecule has 0 radical (unpaired) electrons. The predicted octanol–water partition coefficient (Wildman–Crippen LogP) is 0.378. The summed E-state index contributed by atoms with van der Waals surface area (Å²) in [6.45, 7) is 8.43. The Hall–Kier alpha value is -1.83. The number of nitrogens with one attached hydrogen (secondary N) is 2. The number of carbonyl (C=O) groups is 2. The monoisotopic (exact) mass is 328 g/mol. The van der Waals surface area contributed by atoms with E-state index in [1.54, 1.807) is 12.0 Å². The number of nitrogens with zero attached hydrogens (tertiary/aromatic N) is 2. The quantitative estimate of drug-likeness (QED) is 0.688. The Kier molecular flexibility index (Phi) is 7.80. The van der Waals surface area contributed by atoms with Gasteiger partial charge in [0.1, 0.15) is 11.4 Å². The minimum Gasteiger partial charge on any atom is -0.444 e. The number of hydrogen-bond donors (Lipinski definition) is 2. The molecule has 0 saturated heterocycles. The van der Waals surface area contributed by atoms with E-state index in [4.69, 9.17) is 9.47 Å². The number of methoxy groups -OCH3 is 1. The Morgan fingerprint density at radius 1 is 1.30 bits per heavy atom. The van der Waals surface area contributed by atoms with E-state index in [1.165, 1.54) is 0 Å². The summed E-state index contributed by atoms with van der Waals surface area (Å²) in [6, 6.07) is 0. The fourth-order valence-electron chi connectivity index (χ4n) is 1.91. The third kappa shape index (κ3) is 8.39. The summed E-state index contributed by atoms with van der Waals surface area (Å²) in [7, 11) is 1.59. The smallest absolute Gasteiger partial charge is 0.410 e. The summed E-state index contributed by atoms with van der Waals surface area (Å²) >= 11 is 0. The molecule has 23 heavy (non-hydrogen) atoms. The minimum absolute atomic E-state index is 0.0463. The van der Waals surface area contributed by atoms with Gasteiger partial charge in [0.05, 0.1) is 19.7 Å². The van der Waals surface area contributed by atoms with E-state index in [2.05, 4.69) is 15.6 Å². The maximum atomic E-state index is 12.0. The van der Waals surface area contributed by atoms with Gasteiger partial charge in [0.15, 0.2) is 0 Å². The summed E-state index contributed by atoms with van der Waals surface area (Å²) in [5.74, 6) is 0.654. The molecule has 1 rings (SSSR count). The highest BCUT2D eigenvalue weighted by molar-refractivity contribution is 5.88. The van der Waals surface area contributed by atoms with Crippen LogP contribution in [0.3, 0.4) is 0 Å². The molecule has 1 heterocycles. The topological polar surface area (TPSA) is 92.3 Å². The van der Waals surface area contributed by atoms with Crippen LogP contribution in [0, 0.1) is 0 Å². The van der Waals surface area contributed by atoms with E-state index in [-0.39, 0.29) is 12.0 Å². The van der Waals surface area contributed by atoms with Crippen LogP contribution < -0.4 is 10.6 Å². The summed E-state index contributed by atoms with van der Waals surface area (Å²) in [6.07, 6.45) is -0.00108. The molecule has 0 bridgehead atoms. The van der Waals surface area contributed by atoms with E-state index in [1.807, 2.05) is 20.8 Å². The summed E-state index contributed by atoms with van der Waals surface area (Å²) in [4.78, 5) is 29.5. The van der Waals surface area contributed by atoms with Gasteiger partial charge in [-0.3, -0.25) is 14.7 Å². The van der Waals surface area contributed by atoms with Crippen LogP contribution in [-0.4, -0.2) is 74.8 Å². The van der Waals surface area contributed by atoms with Crippen LogP contribution >= 0.6 is 0 Å². The van der Waals surface area contributed by atoms with Crippen molar-refractivity contribution < 1.29 is 19.1 Å². The SMILES string of the molecule is COCCNC(=O)CCNC1=NCCN(C(=O)OC(C)(C)C)C1. The Morgan fingerprint density at radius 3 is 2.70 bits per heavy atom. The highest BCUT2D eigenvalue weighted by Gasteiger charge is 2.24. The molecule has 0 aromatic heterocycles. The third-order valence-corrected chi connectivity index (χ3v) is 2.97. The summed E-state index contributed by atoms with van der Waals surface area (Å²) in [5.41, 5.74) is -0.514. The zero-order chi connectivity index (χ0) is 17.3. The Bertz CT molecular complexity index is 432. The van der Waals surface area contributed by atoms with Crippen LogP contribution in [0.15, 0.2) is 4.99 Å². The largest absolute Gasteiger partial charge is 0.444 e. The highest BCUT2D eigenvalue weighted by atomic mass is 16.6. The molecule has 1 aliphatic rings. The van der Waals surface area contributed by atoms with E-state index in [9.17, 15) is 9.59 Å². The molecule has 0 saturated carbocycles. The molecular weight excluding hydrogens is 300 g/mol. The lowest BCUT2D eigenvalue weighted by Gasteiger charge is -2.29. The van der Waals surface area contributed by atoms with Crippen molar-refractivity contribution in [1.82, 2.24) is 15.5 Å². The zero-order valence-corrected chi connectivity index (χ0v) is 14.5. The van der Waals surface area contributed by atoms with E-state index >= 15 is 0 Å². The van der Waals surface area contributed by atoms with Gasteiger partial charge in [-0.15, -0.1) is 0 Å². The second kappa shape index (κ2) is 9.34. The molecule has 0 spiro atoms. The molecule has 8 heteroatoms. The van der Waals surface area contributed by atoms with E-state index in [0.29, 0.717) is 51.6 Å². The van der Waals surface area contributed by atoms with Gasteiger partial charge >= 0.3 is 6.09 Å². The second-order valence-electron chi connectivity index (χ2n) is 6.25. The van der Waals surface area contributed by atoms with Crippen molar-refractivity contribution in [2.45, 2.75) is 32.8 Å². The van der Waals surface area contributed by atoms with E-state index in [0.717, 1.165) is 0 Å². The molecule has 0 fully saturated rings. The van der Waals surface area contributed by atoms with Gasteiger partial charge in [-0.25, -0.2) is 4.79 Å². The van der Waals surface area contributed by atoms with Gasteiger partial charge < -0.3 is 20.1 Å². The van der Waals surface area contributed by atoms with Crippen molar-refractivity contribution in [3.63, 3.8) is 0 Å². The first kappa shape index (κ1) is 19.2. The number of ether oxygens (including phenoxy) is 2. The number of amidine groups is 1. The van der Waals surface area contributed by atoms with Crippen molar-refractivity contribution in [1.29, 1.82) is 0 Å². The molecule has 132 valence electrons. The first-order valence-corrected chi connectivity index (χ1v) is 7.82. The Morgan fingerprint density at radius 2 is 2.04 bits per heavy atom. The first-order valence-electron chi connectivity index (χ1n) is 7.82. The van der Waals surface area contributed by atoms with Crippen molar-refractivity contribution in [2.24, 2.45) is 4.99 Å². The van der Waals surface area contributed by atoms with Crippen LogP contribution in [0.2, 0.25) is 0 Å². The van der Waals surface area contributed by atoms with Crippen LogP contribution in [0.1, 0.15) is 27.2 Å². The zero-order valence-electron chi connectivity index (χ0n) is 14.5. The number of hydrogen-bond acceptors (Lipinski definition) is 6. The normalized spacial score (nSPS) is 15.0. The van der Waals surface area contributed by atoms with Crippen molar-refractivity contribution in [2.75, 3.05) is 46.4 Å². The number of amides is 2. The molecule has 2 N–H and O–H groups in total. The van der Waals surface area contributed by atoms with Crippen molar-refractivity contribution in [3.8, 4) is 0 Å². The summed E-state index contributed by atoms with van der Waals surface area (Å²) < 4.78 is 10.2. The van der Waals surface area contributed by atoms with Crippen LogP contribution in [-0.2, 0) is 14.3 Å². The van der Waals surface area contributed by atoms with Crippen molar-refractivity contribution >= 4 is 17.8 Å². The fourth-order valence-corrected chi connectivity index (χ4v) is 1.91. The maximum Gasteiger partial charge on any atom is 0.410 e. The summed E-state index contributed by atoms with van der Waals surface area (Å²) in [5, 5.41) is 5.84. The third-order valence-electron chi connectivity index (χ3n) is 2.97. The van der Waals surface area contributed by atoms with Gasteiger partial charge in [-0.1, -0.05) is 0 Å². The standard InChI is InChI=1S/C15H28N4O4/c1-15(2,3)23-14(21)19-9-7-17-12(11-19)16-6-5-13(20)18-8-10-22-4/h5-11H2,1-4H3,(H,16,17)(H,18,20). The van der Waals surface area contributed by atoms with Crippen LogP contribution in [0.5, 0.6) is 0 Å². The molecule has 2 amide bonds. The molecule has 8 nitrogen and oxygen atoms in total. The number of rotatable bonds is 6. The molecule has 0 unspecified atom stereocenters. The average molecular weight is 328 g/mol. The second-order valence-corrected chi connectivity index (χ2v) is 6.25. The maximum absolute atomic E-state index is 12.0. The Balaban J connectivity index is 2.29. The molecule has 0 aliphatic carbocycles. The predicted molar refractivity (Wildman–Crippen MR) is 87.6 cm³/mol. The molecular formula is C15H28N4O4. The lowest BCUT2D eigenvalue weighted by Crippen LogP contribution is -2.47.